The highest BCUT2D eigenvalue weighted by atomic mass is 32.1. The molecule has 0 saturated carbocycles. The molecule has 1 N–H and O–H groups in total. The van der Waals surface area contributed by atoms with Crippen molar-refractivity contribution in [2.45, 2.75) is 32.7 Å². The van der Waals surface area contributed by atoms with Crippen molar-refractivity contribution < 1.29 is 19.4 Å². The molecule has 5 nitrogen and oxygen atoms in total. The summed E-state index contributed by atoms with van der Waals surface area (Å²) in [5.74, 6) is -0.536. The Hall–Kier alpha value is -1.56. The summed E-state index contributed by atoms with van der Waals surface area (Å²) in [6, 6.07) is 0.880. The number of carbonyl (C=O) groups is 2. The third-order valence-corrected chi connectivity index (χ3v) is 4.69. The molecule has 0 spiro atoms. The minimum Gasteiger partial charge on any atom is -0.496 e. The maximum absolute atomic E-state index is 12.5. The number of carboxylic acid groups (broad SMARTS) is 1. The number of carboxylic acids is 1. The zero-order valence-electron chi connectivity index (χ0n) is 11.9. The van der Waals surface area contributed by atoms with Crippen LogP contribution in [0.3, 0.4) is 0 Å². The Morgan fingerprint density at radius 2 is 2.20 bits per heavy atom. The number of carbonyl (C=O) groups excluding carboxylic acids is 1. The highest BCUT2D eigenvalue weighted by molar-refractivity contribution is 7.12. The summed E-state index contributed by atoms with van der Waals surface area (Å²) >= 11 is 1.28. The highest BCUT2D eigenvalue weighted by Crippen LogP contribution is 2.36. The van der Waals surface area contributed by atoms with E-state index in [0.717, 1.165) is 12.8 Å². The molecule has 1 fully saturated rings. The second-order valence-corrected chi connectivity index (χ2v) is 6.59. The van der Waals surface area contributed by atoms with Gasteiger partial charge in [-0.05, 0) is 18.3 Å². The van der Waals surface area contributed by atoms with Gasteiger partial charge in [-0.2, -0.15) is 0 Å². The first-order chi connectivity index (χ1) is 9.36. The molecule has 1 saturated heterocycles. The average Bonchev–Trinajstić information content (AvgIpc) is 2.84. The number of thiophene rings is 1. The molecule has 1 atom stereocenters. The molecule has 6 heteroatoms. The quantitative estimate of drug-likeness (QED) is 0.930. The highest BCUT2D eigenvalue weighted by Gasteiger charge is 2.44. The fourth-order valence-electron chi connectivity index (χ4n) is 2.76. The first kappa shape index (κ1) is 14.8. The third-order valence-electron chi connectivity index (χ3n) is 3.79. The Kier molecular flexibility index (Phi) is 4.04. The Morgan fingerprint density at radius 3 is 2.75 bits per heavy atom. The topological polar surface area (TPSA) is 66.8 Å². The number of hydrogen-bond acceptors (Lipinski definition) is 4. The normalized spacial score (nSPS) is 21.6. The molecular formula is C14H19NO4S. The molecular weight excluding hydrogens is 278 g/mol. The van der Waals surface area contributed by atoms with Crippen molar-refractivity contribution in [2.75, 3.05) is 13.7 Å². The minimum atomic E-state index is -0.938. The van der Waals surface area contributed by atoms with Gasteiger partial charge in [-0.1, -0.05) is 13.8 Å². The zero-order valence-corrected chi connectivity index (χ0v) is 12.7. The molecule has 0 bridgehead atoms. The van der Waals surface area contributed by atoms with Crippen molar-refractivity contribution >= 4 is 23.2 Å². The molecule has 0 radical (unpaired) electrons. The van der Waals surface area contributed by atoms with Crippen molar-refractivity contribution in [1.82, 2.24) is 4.90 Å². The van der Waals surface area contributed by atoms with Gasteiger partial charge >= 0.3 is 5.97 Å². The van der Waals surface area contributed by atoms with Gasteiger partial charge in [0.1, 0.15) is 11.8 Å². The van der Waals surface area contributed by atoms with Gasteiger partial charge in [0, 0.05) is 18.0 Å². The molecule has 1 aliphatic rings. The maximum Gasteiger partial charge on any atom is 0.326 e. The summed E-state index contributed by atoms with van der Waals surface area (Å²) in [6.45, 7) is 4.29. The number of ether oxygens (including phenoxy) is 1. The fraction of sp³-hybridized carbons (Fsp3) is 0.571. The molecule has 1 unspecified atom stereocenters. The van der Waals surface area contributed by atoms with Crippen LogP contribution in [-0.4, -0.2) is 41.6 Å². The summed E-state index contributed by atoms with van der Waals surface area (Å²) in [7, 11) is 1.54. The van der Waals surface area contributed by atoms with Gasteiger partial charge in [-0.15, -0.1) is 11.3 Å². The smallest absolute Gasteiger partial charge is 0.326 e. The first-order valence-electron chi connectivity index (χ1n) is 6.53. The fourth-order valence-corrected chi connectivity index (χ4v) is 3.57. The standard InChI is InChI=1S/C14H19NO4S/c1-14(2)5-4-6-15(11(14)13(17)18)12(16)10-7-9(19-3)8-20-10/h7-8,11H,4-6H2,1-3H3,(H,17,18). The lowest BCUT2D eigenvalue weighted by Crippen LogP contribution is -2.56. The van der Waals surface area contributed by atoms with Crippen LogP contribution in [0.5, 0.6) is 5.75 Å². The Bertz CT molecular complexity index is 523. The molecule has 0 aliphatic carbocycles. The Labute approximate surface area is 122 Å². The van der Waals surface area contributed by atoms with Gasteiger partial charge in [-0.25, -0.2) is 4.79 Å². The van der Waals surface area contributed by atoms with E-state index in [1.807, 2.05) is 13.8 Å². The summed E-state index contributed by atoms with van der Waals surface area (Å²) in [4.78, 5) is 26.1. The van der Waals surface area contributed by atoms with Crippen LogP contribution in [0.1, 0.15) is 36.4 Å². The predicted molar refractivity (Wildman–Crippen MR) is 76.3 cm³/mol. The minimum absolute atomic E-state index is 0.224. The van der Waals surface area contributed by atoms with Gasteiger partial charge < -0.3 is 14.7 Å². The van der Waals surface area contributed by atoms with Gasteiger partial charge in [0.15, 0.2) is 0 Å². The van der Waals surface area contributed by atoms with Crippen molar-refractivity contribution in [3.05, 3.63) is 16.3 Å². The number of methoxy groups -OCH3 is 1. The van der Waals surface area contributed by atoms with Crippen LogP contribution in [0.15, 0.2) is 11.4 Å². The largest absolute Gasteiger partial charge is 0.496 e. The Balaban J connectivity index is 2.29. The van der Waals surface area contributed by atoms with Crippen LogP contribution >= 0.6 is 11.3 Å². The monoisotopic (exact) mass is 297 g/mol. The summed E-state index contributed by atoms with van der Waals surface area (Å²) in [6.07, 6.45) is 1.63. The number of amides is 1. The van der Waals surface area contributed by atoms with E-state index in [-0.39, 0.29) is 5.91 Å². The maximum atomic E-state index is 12.5. The van der Waals surface area contributed by atoms with Crippen molar-refractivity contribution in [1.29, 1.82) is 0 Å². The molecule has 0 aromatic carbocycles. The molecule has 110 valence electrons. The van der Waals surface area contributed by atoms with Crippen molar-refractivity contribution in [3.63, 3.8) is 0 Å². The zero-order chi connectivity index (χ0) is 14.9. The molecule has 2 rings (SSSR count). The third kappa shape index (κ3) is 2.65. The lowest BCUT2D eigenvalue weighted by atomic mass is 9.76. The predicted octanol–water partition coefficient (Wildman–Crippen LogP) is 2.47. The molecule has 1 amide bonds. The van der Waals surface area contributed by atoms with Crippen LogP contribution in [0.2, 0.25) is 0 Å². The van der Waals surface area contributed by atoms with E-state index in [0.29, 0.717) is 17.2 Å². The van der Waals surface area contributed by atoms with E-state index in [9.17, 15) is 14.7 Å². The number of rotatable bonds is 3. The lowest BCUT2D eigenvalue weighted by molar-refractivity contribution is -0.148. The van der Waals surface area contributed by atoms with Gasteiger partial charge in [-0.3, -0.25) is 4.79 Å². The SMILES string of the molecule is COc1csc(C(=O)N2CCCC(C)(C)C2C(=O)O)c1. The lowest BCUT2D eigenvalue weighted by Gasteiger charge is -2.43. The van der Waals surface area contributed by atoms with E-state index < -0.39 is 17.4 Å². The van der Waals surface area contributed by atoms with Crippen LogP contribution < -0.4 is 4.74 Å². The van der Waals surface area contributed by atoms with Gasteiger partial charge in [0.2, 0.25) is 0 Å². The van der Waals surface area contributed by atoms with Crippen LogP contribution in [0.25, 0.3) is 0 Å². The van der Waals surface area contributed by atoms with E-state index in [1.54, 1.807) is 18.6 Å². The molecule has 1 aliphatic heterocycles. The summed E-state index contributed by atoms with van der Waals surface area (Å²) in [5.41, 5.74) is -0.416. The van der Waals surface area contributed by atoms with Gasteiger partial charge in [0.05, 0.1) is 12.0 Å². The number of hydrogen-bond donors (Lipinski definition) is 1. The second-order valence-electron chi connectivity index (χ2n) is 5.68. The number of piperidine rings is 1. The Morgan fingerprint density at radius 1 is 1.50 bits per heavy atom. The molecule has 2 heterocycles. The molecule has 1 aromatic rings. The van der Waals surface area contributed by atoms with E-state index in [2.05, 4.69) is 0 Å². The number of nitrogens with zero attached hydrogens (tertiary/aromatic N) is 1. The summed E-state index contributed by atoms with van der Waals surface area (Å²) in [5, 5.41) is 11.2. The van der Waals surface area contributed by atoms with Gasteiger partial charge in [0.25, 0.3) is 5.91 Å². The van der Waals surface area contributed by atoms with Crippen molar-refractivity contribution in [3.8, 4) is 5.75 Å². The van der Waals surface area contributed by atoms with Crippen LogP contribution in [-0.2, 0) is 4.79 Å². The van der Waals surface area contributed by atoms with Crippen LogP contribution in [0.4, 0.5) is 0 Å². The molecule has 1 aromatic heterocycles. The van der Waals surface area contributed by atoms with E-state index in [4.69, 9.17) is 4.74 Å². The first-order valence-corrected chi connectivity index (χ1v) is 7.41. The number of likely N-dealkylation sites (tertiary alicyclic amines) is 1. The number of aliphatic carboxylic acids is 1. The van der Waals surface area contributed by atoms with E-state index >= 15 is 0 Å². The second kappa shape index (κ2) is 5.44. The molecule has 20 heavy (non-hydrogen) atoms. The van der Waals surface area contributed by atoms with E-state index in [1.165, 1.54) is 16.2 Å². The van der Waals surface area contributed by atoms with Crippen LogP contribution in [0, 0.1) is 5.41 Å². The average molecular weight is 297 g/mol. The van der Waals surface area contributed by atoms with Crippen molar-refractivity contribution in [2.24, 2.45) is 5.41 Å². The summed E-state index contributed by atoms with van der Waals surface area (Å²) < 4.78 is 5.07.